The maximum absolute atomic E-state index is 8.88. The highest BCUT2D eigenvalue weighted by atomic mass is 35.5. The van der Waals surface area contributed by atoms with E-state index >= 15 is 0 Å². The lowest BCUT2D eigenvalue weighted by Crippen LogP contribution is -2.33. The van der Waals surface area contributed by atoms with Crippen LogP contribution in [0.15, 0.2) is 36.6 Å². The summed E-state index contributed by atoms with van der Waals surface area (Å²) in [7, 11) is 0. The van der Waals surface area contributed by atoms with Crippen molar-refractivity contribution in [3.8, 4) is 6.07 Å². The summed E-state index contributed by atoms with van der Waals surface area (Å²) in [5.41, 5.74) is 8.54. The van der Waals surface area contributed by atoms with Crippen LogP contribution < -0.4 is 5.73 Å². The second kappa shape index (κ2) is 5.92. The molecule has 3 nitrogen and oxygen atoms in total. The van der Waals surface area contributed by atoms with E-state index in [1.165, 1.54) is 5.57 Å². The van der Waals surface area contributed by atoms with Crippen LogP contribution in [0, 0.1) is 11.3 Å². The fraction of sp³-hybridized carbons (Fsp3) is 0.267. The molecule has 1 heterocycles. The molecule has 0 amide bonds. The molecule has 0 aromatic heterocycles. The van der Waals surface area contributed by atoms with Gasteiger partial charge in [-0.05, 0) is 42.5 Å². The number of halogens is 1. The van der Waals surface area contributed by atoms with E-state index in [0.29, 0.717) is 10.6 Å². The number of benzene rings is 1. The second-order valence-electron chi connectivity index (χ2n) is 4.75. The first-order valence-corrected chi connectivity index (χ1v) is 6.55. The largest absolute Gasteiger partial charge is 0.372 e. The number of nitriles is 1. The minimum Gasteiger partial charge on any atom is -0.372 e. The molecule has 1 aliphatic rings. The molecule has 0 bridgehead atoms. The van der Waals surface area contributed by atoms with Gasteiger partial charge in [0.1, 0.15) is 6.07 Å². The van der Waals surface area contributed by atoms with Crippen molar-refractivity contribution < 1.29 is 0 Å². The minimum absolute atomic E-state index is 0.133. The van der Waals surface area contributed by atoms with Gasteiger partial charge in [0.15, 0.2) is 0 Å². The van der Waals surface area contributed by atoms with Gasteiger partial charge in [-0.2, -0.15) is 5.26 Å². The van der Waals surface area contributed by atoms with Crippen LogP contribution >= 0.6 is 11.6 Å². The first kappa shape index (κ1) is 13.7. The Labute approximate surface area is 118 Å². The second-order valence-corrected chi connectivity index (χ2v) is 5.15. The van der Waals surface area contributed by atoms with Crippen molar-refractivity contribution in [2.24, 2.45) is 5.73 Å². The summed E-state index contributed by atoms with van der Waals surface area (Å²) in [5.74, 6) is 0. The Kier molecular flexibility index (Phi) is 4.26. The van der Waals surface area contributed by atoms with Crippen molar-refractivity contribution in [1.82, 2.24) is 4.90 Å². The highest BCUT2D eigenvalue weighted by molar-refractivity contribution is 6.31. The Hall–Kier alpha value is -1.76. The SMILES string of the molecule is C[C@H](N)CN1C=CC=C(c2ccc(C#N)c(Cl)c2)C1. The van der Waals surface area contributed by atoms with Crippen molar-refractivity contribution >= 4 is 17.2 Å². The Morgan fingerprint density at radius 2 is 2.32 bits per heavy atom. The molecule has 19 heavy (non-hydrogen) atoms. The van der Waals surface area contributed by atoms with Gasteiger partial charge in [-0.15, -0.1) is 0 Å². The molecule has 0 spiro atoms. The predicted octanol–water partition coefficient (Wildman–Crippen LogP) is 2.77. The monoisotopic (exact) mass is 273 g/mol. The van der Waals surface area contributed by atoms with Gasteiger partial charge in [0, 0.05) is 19.1 Å². The van der Waals surface area contributed by atoms with Crippen LogP contribution in [0.2, 0.25) is 5.02 Å². The van der Waals surface area contributed by atoms with E-state index in [4.69, 9.17) is 22.6 Å². The topological polar surface area (TPSA) is 53.0 Å². The summed E-state index contributed by atoms with van der Waals surface area (Å²) < 4.78 is 0. The predicted molar refractivity (Wildman–Crippen MR) is 78.5 cm³/mol. The van der Waals surface area contributed by atoms with E-state index in [9.17, 15) is 0 Å². The smallest absolute Gasteiger partial charge is 0.101 e. The average Bonchev–Trinajstić information content (AvgIpc) is 2.38. The molecule has 0 unspecified atom stereocenters. The third-order valence-electron chi connectivity index (χ3n) is 2.95. The van der Waals surface area contributed by atoms with Gasteiger partial charge in [0.05, 0.1) is 10.6 Å². The van der Waals surface area contributed by atoms with Crippen LogP contribution in [0.1, 0.15) is 18.1 Å². The normalized spacial score (nSPS) is 15.9. The summed E-state index contributed by atoms with van der Waals surface area (Å²) >= 11 is 6.07. The first-order chi connectivity index (χ1) is 9.10. The molecule has 1 atom stereocenters. The van der Waals surface area contributed by atoms with E-state index in [1.807, 2.05) is 31.3 Å². The lowest BCUT2D eigenvalue weighted by molar-refractivity contribution is 0.391. The van der Waals surface area contributed by atoms with Crippen molar-refractivity contribution in [2.75, 3.05) is 13.1 Å². The molecule has 0 aliphatic carbocycles. The maximum atomic E-state index is 8.88. The Morgan fingerprint density at radius 1 is 1.53 bits per heavy atom. The third kappa shape index (κ3) is 3.37. The van der Waals surface area contributed by atoms with Crippen LogP contribution in [-0.2, 0) is 0 Å². The molecule has 2 N–H and O–H groups in total. The van der Waals surface area contributed by atoms with Crippen molar-refractivity contribution in [2.45, 2.75) is 13.0 Å². The van der Waals surface area contributed by atoms with Crippen LogP contribution in [0.5, 0.6) is 0 Å². The summed E-state index contributed by atoms with van der Waals surface area (Å²) in [6.07, 6.45) is 6.11. The van der Waals surface area contributed by atoms with Crippen LogP contribution in [0.25, 0.3) is 5.57 Å². The number of hydrogen-bond donors (Lipinski definition) is 1. The van der Waals surface area contributed by atoms with Gasteiger partial charge < -0.3 is 10.6 Å². The van der Waals surface area contributed by atoms with Crippen LogP contribution in [-0.4, -0.2) is 24.0 Å². The molecular formula is C15H16ClN3. The molecule has 0 saturated carbocycles. The van der Waals surface area contributed by atoms with Gasteiger partial charge >= 0.3 is 0 Å². The molecular weight excluding hydrogens is 258 g/mol. The summed E-state index contributed by atoms with van der Waals surface area (Å²) in [6, 6.07) is 7.73. The van der Waals surface area contributed by atoms with E-state index in [1.54, 1.807) is 6.07 Å². The minimum atomic E-state index is 0.133. The highest BCUT2D eigenvalue weighted by Crippen LogP contribution is 2.24. The lowest BCUT2D eigenvalue weighted by atomic mass is 10.0. The molecule has 2 rings (SSSR count). The van der Waals surface area contributed by atoms with Gasteiger partial charge in [-0.3, -0.25) is 0 Å². The Balaban J connectivity index is 2.19. The molecule has 1 aromatic carbocycles. The van der Waals surface area contributed by atoms with Crippen molar-refractivity contribution in [1.29, 1.82) is 5.26 Å². The quantitative estimate of drug-likeness (QED) is 0.921. The van der Waals surface area contributed by atoms with Crippen molar-refractivity contribution in [3.05, 3.63) is 52.7 Å². The summed E-state index contributed by atoms with van der Waals surface area (Å²) in [6.45, 7) is 3.61. The molecule has 4 heteroatoms. The maximum Gasteiger partial charge on any atom is 0.101 e. The Morgan fingerprint density at radius 3 is 2.95 bits per heavy atom. The Bertz CT molecular complexity index is 567. The highest BCUT2D eigenvalue weighted by Gasteiger charge is 2.12. The molecule has 98 valence electrons. The zero-order valence-corrected chi connectivity index (χ0v) is 11.6. The van der Waals surface area contributed by atoms with Crippen LogP contribution in [0.3, 0.4) is 0 Å². The van der Waals surface area contributed by atoms with Gasteiger partial charge in [0.2, 0.25) is 0 Å². The molecule has 0 saturated heterocycles. The number of allylic oxidation sites excluding steroid dienone is 2. The number of nitrogens with two attached hydrogens (primary N) is 1. The summed E-state index contributed by atoms with van der Waals surface area (Å²) in [5, 5.41) is 9.37. The van der Waals surface area contributed by atoms with E-state index in [2.05, 4.69) is 17.0 Å². The third-order valence-corrected chi connectivity index (χ3v) is 3.26. The molecule has 0 fully saturated rings. The van der Waals surface area contributed by atoms with Gasteiger partial charge in [-0.1, -0.05) is 23.7 Å². The molecule has 1 aromatic rings. The first-order valence-electron chi connectivity index (χ1n) is 6.17. The number of rotatable bonds is 3. The fourth-order valence-corrected chi connectivity index (χ4v) is 2.32. The number of hydrogen-bond acceptors (Lipinski definition) is 3. The van der Waals surface area contributed by atoms with Gasteiger partial charge in [-0.25, -0.2) is 0 Å². The van der Waals surface area contributed by atoms with Crippen LogP contribution in [0.4, 0.5) is 0 Å². The van der Waals surface area contributed by atoms with Crippen molar-refractivity contribution in [3.63, 3.8) is 0 Å². The van der Waals surface area contributed by atoms with E-state index in [0.717, 1.165) is 18.7 Å². The number of nitrogens with zero attached hydrogens (tertiary/aromatic N) is 2. The molecule has 1 aliphatic heterocycles. The standard InChI is InChI=1S/C15H16ClN3/c1-11(18)9-19-6-2-3-14(10-19)12-4-5-13(8-17)15(16)7-12/h2-7,11H,9-10,18H2,1H3/t11-/m0/s1. The zero-order valence-electron chi connectivity index (χ0n) is 10.8. The zero-order chi connectivity index (χ0) is 13.8. The molecule has 0 radical (unpaired) electrons. The van der Waals surface area contributed by atoms with E-state index < -0.39 is 0 Å². The average molecular weight is 274 g/mol. The van der Waals surface area contributed by atoms with E-state index in [-0.39, 0.29) is 6.04 Å². The summed E-state index contributed by atoms with van der Waals surface area (Å²) in [4.78, 5) is 2.17. The van der Waals surface area contributed by atoms with Gasteiger partial charge in [0.25, 0.3) is 0 Å². The fourth-order valence-electron chi connectivity index (χ4n) is 2.09. The lowest BCUT2D eigenvalue weighted by Gasteiger charge is -2.26.